The third-order valence-electron chi connectivity index (χ3n) is 6.94. The molecule has 0 spiro atoms. The van der Waals surface area contributed by atoms with Gasteiger partial charge in [-0.05, 0) is 54.2 Å². The number of hydrogen-bond donors (Lipinski definition) is 2. The lowest BCUT2D eigenvalue weighted by molar-refractivity contribution is -0.0602. The van der Waals surface area contributed by atoms with Crippen LogP contribution in [0.1, 0.15) is 67.1 Å². The monoisotopic (exact) mass is 330 g/mol. The van der Waals surface area contributed by atoms with Gasteiger partial charge in [0.2, 0.25) is 0 Å². The first-order chi connectivity index (χ1) is 11.3. The first kappa shape index (κ1) is 15.9. The molecule has 0 radical (unpaired) electrons. The first-order valence-electron chi connectivity index (χ1n) is 9.00. The molecule has 1 unspecified atom stereocenters. The van der Waals surface area contributed by atoms with Gasteiger partial charge in [0, 0.05) is 17.4 Å². The first-order valence-corrected chi connectivity index (χ1v) is 9.00. The van der Waals surface area contributed by atoms with Crippen LogP contribution in [0.25, 0.3) is 0 Å². The van der Waals surface area contributed by atoms with Crippen LogP contribution >= 0.6 is 0 Å². The second kappa shape index (κ2) is 4.98. The molecule has 0 amide bonds. The van der Waals surface area contributed by atoms with Crippen LogP contribution in [0.2, 0.25) is 0 Å². The van der Waals surface area contributed by atoms with Gasteiger partial charge < -0.3 is 14.9 Å². The SMILES string of the molecule is CC1(C)CCC(O)[C@]2(C)c3c(O)cc4c(c3CC[C@@H]12)C(=O)OCC4. The average molecular weight is 330 g/mol. The molecule has 1 aromatic carbocycles. The Morgan fingerprint density at radius 2 is 1.96 bits per heavy atom. The molecule has 130 valence electrons. The smallest absolute Gasteiger partial charge is 0.338 e. The minimum atomic E-state index is -0.522. The highest BCUT2D eigenvalue weighted by molar-refractivity contribution is 5.95. The van der Waals surface area contributed by atoms with Gasteiger partial charge in [-0.3, -0.25) is 0 Å². The van der Waals surface area contributed by atoms with Crippen molar-refractivity contribution in [1.29, 1.82) is 0 Å². The number of phenolic OH excluding ortho intramolecular Hbond substituents is 1. The molecule has 0 saturated heterocycles. The van der Waals surface area contributed by atoms with Gasteiger partial charge in [-0.1, -0.05) is 20.8 Å². The number of phenols is 1. The number of fused-ring (bicyclic) bond motifs is 5. The summed E-state index contributed by atoms with van der Waals surface area (Å²) in [6.07, 6.45) is 3.54. The summed E-state index contributed by atoms with van der Waals surface area (Å²) in [5.74, 6) is 0.242. The Morgan fingerprint density at radius 3 is 2.71 bits per heavy atom. The fourth-order valence-electron chi connectivity index (χ4n) is 5.76. The van der Waals surface area contributed by atoms with Gasteiger partial charge in [0.25, 0.3) is 0 Å². The Hall–Kier alpha value is -1.55. The molecule has 1 aliphatic heterocycles. The lowest BCUT2D eigenvalue weighted by atomic mass is 9.49. The van der Waals surface area contributed by atoms with Crippen molar-refractivity contribution in [2.45, 2.75) is 64.4 Å². The molecule has 4 rings (SSSR count). The summed E-state index contributed by atoms with van der Waals surface area (Å²) in [6.45, 7) is 6.97. The quantitative estimate of drug-likeness (QED) is 0.717. The van der Waals surface area contributed by atoms with Crippen LogP contribution in [0.3, 0.4) is 0 Å². The van der Waals surface area contributed by atoms with E-state index in [-0.39, 0.29) is 23.1 Å². The molecule has 4 heteroatoms. The molecule has 2 N–H and O–H groups in total. The van der Waals surface area contributed by atoms with Crippen LogP contribution < -0.4 is 0 Å². The lowest BCUT2D eigenvalue weighted by Gasteiger charge is -2.56. The van der Waals surface area contributed by atoms with Crippen molar-refractivity contribution in [2.75, 3.05) is 6.61 Å². The highest BCUT2D eigenvalue weighted by Gasteiger charge is 2.56. The molecule has 1 fully saturated rings. The number of cyclic esters (lactones) is 1. The zero-order chi connectivity index (χ0) is 17.3. The third-order valence-corrected chi connectivity index (χ3v) is 6.94. The van der Waals surface area contributed by atoms with E-state index < -0.39 is 11.5 Å². The summed E-state index contributed by atoms with van der Waals surface area (Å²) in [7, 11) is 0. The number of aliphatic hydroxyl groups is 1. The molecule has 4 nitrogen and oxygen atoms in total. The number of hydrogen-bond acceptors (Lipinski definition) is 4. The van der Waals surface area contributed by atoms with E-state index in [9.17, 15) is 15.0 Å². The normalized spacial score (nSPS) is 33.9. The maximum absolute atomic E-state index is 12.4. The molecule has 3 atom stereocenters. The third kappa shape index (κ3) is 1.92. The summed E-state index contributed by atoms with van der Waals surface area (Å²) in [4.78, 5) is 12.4. The molecular formula is C20H26O4. The van der Waals surface area contributed by atoms with Gasteiger partial charge in [-0.2, -0.15) is 0 Å². The van der Waals surface area contributed by atoms with E-state index in [0.29, 0.717) is 18.6 Å². The van der Waals surface area contributed by atoms with Crippen molar-refractivity contribution >= 4 is 5.97 Å². The predicted octanol–water partition coefficient (Wildman–Crippen LogP) is 3.11. The zero-order valence-electron chi connectivity index (χ0n) is 14.7. The number of benzene rings is 1. The molecule has 24 heavy (non-hydrogen) atoms. The standard InChI is InChI=1S/C20H26O4/c1-19(2)8-6-15(22)20(3)14(19)5-4-12-16-11(7-9-24-18(16)23)10-13(21)17(12)20/h10,14-15,21-22H,4-9H2,1-3H3/t14-,15?,20+/m0/s1. The van der Waals surface area contributed by atoms with Crippen LogP contribution in [0.5, 0.6) is 5.75 Å². The molecule has 2 aliphatic carbocycles. The van der Waals surface area contributed by atoms with Crippen molar-refractivity contribution in [2.24, 2.45) is 11.3 Å². The zero-order valence-corrected chi connectivity index (χ0v) is 14.7. The van der Waals surface area contributed by atoms with E-state index in [1.54, 1.807) is 6.07 Å². The summed E-state index contributed by atoms with van der Waals surface area (Å²) in [5.41, 5.74) is 2.81. The van der Waals surface area contributed by atoms with E-state index >= 15 is 0 Å². The number of rotatable bonds is 0. The maximum atomic E-state index is 12.4. The van der Waals surface area contributed by atoms with E-state index in [2.05, 4.69) is 20.8 Å². The van der Waals surface area contributed by atoms with Gasteiger partial charge in [-0.25, -0.2) is 4.79 Å². The van der Waals surface area contributed by atoms with Gasteiger partial charge in [0.15, 0.2) is 0 Å². The summed E-state index contributed by atoms with van der Waals surface area (Å²) in [6, 6.07) is 1.73. The highest BCUT2D eigenvalue weighted by atomic mass is 16.5. The molecular weight excluding hydrogens is 304 g/mol. The van der Waals surface area contributed by atoms with E-state index in [4.69, 9.17) is 4.74 Å². The second-order valence-corrected chi connectivity index (χ2v) is 8.59. The predicted molar refractivity (Wildman–Crippen MR) is 90.3 cm³/mol. The summed E-state index contributed by atoms with van der Waals surface area (Å²) >= 11 is 0. The Balaban J connectivity index is 1.98. The number of esters is 1. The number of carbonyl (C=O) groups is 1. The van der Waals surface area contributed by atoms with E-state index in [0.717, 1.165) is 42.4 Å². The Labute approximate surface area is 142 Å². The second-order valence-electron chi connectivity index (χ2n) is 8.59. The van der Waals surface area contributed by atoms with E-state index in [1.165, 1.54) is 0 Å². The molecule has 1 heterocycles. The van der Waals surface area contributed by atoms with Crippen molar-refractivity contribution in [1.82, 2.24) is 0 Å². The van der Waals surface area contributed by atoms with Crippen molar-refractivity contribution in [3.63, 3.8) is 0 Å². The number of aromatic hydroxyl groups is 1. The Kier molecular flexibility index (Phi) is 3.31. The van der Waals surface area contributed by atoms with Crippen molar-refractivity contribution < 1.29 is 19.7 Å². The van der Waals surface area contributed by atoms with Crippen LogP contribution in [-0.4, -0.2) is 28.9 Å². The van der Waals surface area contributed by atoms with Crippen LogP contribution in [0.4, 0.5) is 0 Å². The minimum Gasteiger partial charge on any atom is -0.508 e. The van der Waals surface area contributed by atoms with Crippen molar-refractivity contribution in [3.05, 3.63) is 28.3 Å². The molecule has 0 bridgehead atoms. The topological polar surface area (TPSA) is 66.8 Å². The summed E-state index contributed by atoms with van der Waals surface area (Å²) < 4.78 is 5.26. The molecule has 0 aromatic heterocycles. The van der Waals surface area contributed by atoms with E-state index in [1.807, 2.05) is 0 Å². The summed E-state index contributed by atoms with van der Waals surface area (Å²) in [5, 5.41) is 21.7. The lowest BCUT2D eigenvalue weighted by Crippen LogP contribution is -2.55. The average Bonchev–Trinajstić information content (AvgIpc) is 2.51. The largest absolute Gasteiger partial charge is 0.508 e. The minimum absolute atomic E-state index is 0.106. The van der Waals surface area contributed by atoms with Crippen molar-refractivity contribution in [3.8, 4) is 5.75 Å². The molecule has 1 saturated carbocycles. The molecule has 1 aromatic rings. The van der Waals surface area contributed by atoms with Gasteiger partial charge in [-0.15, -0.1) is 0 Å². The number of ether oxygens (including phenoxy) is 1. The van der Waals surface area contributed by atoms with Gasteiger partial charge in [0.1, 0.15) is 5.75 Å². The fraction of sp³-hybridized carbons (Fsp3) is 0.650. The van der Waals surface area contributed by atoms with Gasteiger partial charge >= 0.3 is 5.97 Å². The highest BCUT2D eigenvalue weighted by Crippen LogP contribution is 2.59. The molecule has 3 aliphatic rings. The van der Waals surface area contributed by atoms with Crippen LogP contribution in [0.15, 0.2) is 6.07 Å². The number of aliphatic hydroxyl groups excluding tert-OH is 1. The van der Waals surface area contributed by atoms with Crippen LogP contribution in [-0.2, 0) is 23.0 Å². The van der Waals surface area contributed by atoms with Gasteiger partial charge in [0.05, 0.1) is 18.3 Å². The number of carbonyl (C=O) groups excluding carboxylic acids is 1. The maximum Gasteiger partial charge on any atom is 0.338 e. The van der Waals surface area contributed by atoms with Crippen LogP contribution in [0, 0.1) is 11.3 Å². The Bertz CT molecular complexity index is 721. The fourth-order valence-corrected chi connectivity index (χ4v) is 5.76. The Morgan fingerprint density at radius 1 is 1.21 bits per heavy atom.